The van der Waals surface area contributed by atoms with Gasteiger partial charge in [0.25, 0.3) is 0 Å². The Bertz CT molecular complexity index is 2010. The Morgan fingerprint density at radius 1 is 0.409 bits per heavy atom. The molecule has 2 atom stereocenters. The maximum Gasteiger partial charge on any atom is 0.0706 e. The average Bonchev–Trinajstić information content (AvgIpc) is 3.37. The van der Waals surface area contributed by atoms with Gasteiger partial charge in [0, 0.05) is 40.0 Å². The quantitative estimate of drug-likeness (QED) is 0.189. The first-order valence-corrected chi connectivity index (χ1v) is 15.0. The highest BCUT2D eigenvalue weighted by Gasteiger charge is 2.18. The minimum Gasteiger partial charge on any atom is -0.344 e. The van der Waals surface area contributed by atoms with E-state index in [0.717, 1.165) is 11.1 Å². The van der Waals surface area contributed by atoms with Crippen molar-refractivity contribution in [3.63, 3.8) is 0 Å². The number of hydrogen-bond acceptors (Lipinski definition) is 0. The van der Waals surface area contributed by atoms with Gasteiger partial charge in [-0.1, -0.05) is 133 Å². The zero-order valence-electron chi connectivity index (χ0n) is 24.6. The van der Waals surface area contributed by atoms with E-state index in [1.807, 2.05) is 36.4 Å². The minimum atomic E-state index is -0.0481. The summed E-state index contributed by atoms with van der Waals surface area (Å²) in [7, 11) is 2.15. The van der Waals surface area contributed by atoms with E-state index < -0.39 is 0 Å². The molecule has 1 aromatic heterocycles. The maximum absolute atomic E-state index is 3.60. The van der Waals surface area contributed by atoms with Crippen molar-refractivity contribution in [2.75, 3.05) is 0 Å². The standard InChI is InChI=1S/C43H31N/c1-44-42-28-24-36(38(34-18-10-4-11-19-34)26-22-32-14-6-2-7-15-32)30-40(42)41-31-37(25-29-43(41)44)39(35-20-12-5-13-21-35)27-23-33-16-8-3-9-17-33/h2-21,24-25,28-31,38-39H,1H3/t38-,39+. The second kappa shape index (κ2) is 12.2. The molecule has 1 heterocycles. The number of benzene rings is 6. The topological polar surface area (TPSA) is 4.93 Å². The molecule has 7 aromatic rings. The lowest BCUT2D eigenvalue weighted by Crippen LogP contribution is -1.99. The zero-order chi connectivity index (χ0) is 29.7. The monoisotopic (exact) mass is 561 g/mol. The van der Waals surface area contributed by atoms with Crippen molar-refractivity contribution in [1.29, 1.82) is 0 Å². The minimum absolute atomic E-state index is 0.0481. The fourth-order valence-electron chi connectivity index (χ4n) is 5.98. The van der Waals surface area contributed by atoms with E-state index in [9.17, 15) is 0 Å². The summed E-state index contributed by atoms with van der Waals surface area (Å²) in [6.45, 7) is 0. The molecule has 0 amide bonds. The van der Waals surface area contributed by atoms with E-state index in [1.165, 1.54) is 44.1 Å². The van der Waals surface area contributed by atoms with Crippen LogP contribution in [0.4, 0.5) is 0 Å². The van der Waals surface area contributed by atoms with E-state index in [0.29, 0.717) is 0 Å². The van der Waals surface area contributed by atoms with Crippen LogP contribution < -0.4 is 0 Å². The number of fused-ring (bicyclic) bond motifs is 3. The van der Waals surface area contributed by atoms with Gasteiger partial charge in [-0.25, -0.2) is 0 Å². The molecular formula is C43H31N. The molecule has 208 valence electrons. The van der Waals surface area contributed by atoms with Crippen LogP contribution in [-0.4, -0.2) is 4.57 Å². The molecule has 0 N–H and O–H groups in total. The summed E-state index contributed by atoms with van der Waals surface area (Å²) in [6.07, 6.45) is 0. The van der Waals surface area contributed by atoms with Crippen LogP contribution in [0.15, 0.2) is 158 Å². The molecule has 1 nitrogen and oxygen atoms in total. The Balaban J connectivity index is 1.37. The number of rotatable bonds is 4. The molecule has 44 heavy (non-hydrogen) atoms. The van der Waals surface area contributed by atoms with E-state index in [-0.39, 0.29) is 11.8 Å². The van der Waals surface area contributed by atoms with Gasteiger partial charge in [0.15, 0.2) is 0 Å². The molecule has 6 aromatic carbocycles. The highest BCUT2D eigenvalue weighted by molar-refractivity contribution is 6.08. The van der Waals surface area contributed by atoms with Crippen LogP contribution in [0.25, 0.3) is 21.8 Å². The van der Waals surface area contributed by atoms with E-state index in [2.05, 4.69) is 157 Å². The molecule has 0 radical (unpaired) electrons. The third-order valence-electron chi connectivity index (χ3n) is 8.26. The smallest absolute Gasteiger partial charge is 0.0706 e. The lowest BCUT2D eigenvalue weighted by atomic mass is 9.89. The molecule has 0 saturated carbocycles. The summed E-state index contributed by atoms with van der Waals surface area (Å²) < 4.78 is 2.29. The fraction of sp³-hybridized carbons (Fsp3) is 0.0698. The van der Waals surface area contributed by atoms with Gasteiger partial charge in [0.1, 0.15) is 0 Å². The highest BCUT2D eigenvalue weighted by Crippen LogP contribution is 2.35. The SMILES string of the molecule is Cn1c2ccc([C@H](C#Cc3ccccc3)c3ccccc3)cc2c2cc([C@@H](C#Cc3ccccc3)c3ccccc3)ccc21. The summed E-state index contributed by atoms with van der Waals surface area (Å²) in [5.74, 6) is 14.0. The second-order valence-electron chi connectivity index (χ2n) is 11.1. The Morgan fingerprint density at radius 2 is 0.773 bits per heavy atom. The van der Waals surface area contributed by atoms with E-state index in [4.69, 9.17) is 0 Å². The molecule has 0 unspecified atom stereocenters. The van der Waals surface area contributed by atoms with Crippen molar-refractivity contribution in [3.05, 3.63) is 191 Å². The van der Waals surface area contributed by atoms with Gasteiger partial charge < -0.3 is 4.57 Å². The first-order valence-electron chi connectivity index (χ1n) is 15.0. The predicted molar refractivity (Wildman–Crippen MR) is 184 cm³/mol. The number of nitrogens with zero attached hydrogens (tertiary/aromatic N) is 1. The van der Waals surface area contributed by atoms with Gasteiger partial charge >= 0.3 is 0 Å². The number of aromatic nitrogens is 1. The highest BCUT2D eigenvalue weighted by atomic mass is 14.9. The van der Waals surface area contributed by atoms with Crippen molar-refractivity contribution >= 4 is 21.8 Å². The van der Waals surface area contributed by atoms with Crippen LogP contribution >= 0.6 is 0 Å². The fourth-order valence-corrected chi connectivity index (χ4v) is 5.98. The summed E-state index contributed by atoms with van der Waals surface area (Å²) >= 11 is 0. The van der Waals surface area contributed by atoms with Crippen LogP contribution in [0.2, 0.25) is 0 Å². The van der Waals surface area contributed by atoms with Gasteiger partial charge in [-0.05, 0) is 70.8 Å². The Labute approximate surface area is 259 Å². The van der Waals surface area contributed by atoms with Gasteiger partial charge in [-0.3, -0.25) is 0 Å². The maximum atomic E-state index is 3.60. The summed E-state index contributed by atoms with van der Waals surface area (Å²) in [5.41, 5.74) is 9.21. The Morgan fingerprint density at radius 3 is 1.16 bits per heavy atom. The first-order chi connectivity index (χ1) is 21.7. The van der Waals surface area contributed by atoms with Crippen molar-refractivity contribution < 1.29 is 0 Å². The summed E-state index contributed by atoms with van der Waals surface area (Å²) in [5, 5.41) is 2.46. The van der Waals surface area contributed by atoms with Gasteiger partial charge in [-0.15, -0.1) is 0 Å². The van der Waals surface area contributed by atoms with Gasteiger partial charge in [0.05, 0.1) is 11.8 Å². The van der Waals surface area contributed by atoms with Crippen LogP contribution in [0.1, 0.15) is 45.2 Å². The van der Waals surface area contributed by atoms with Crippen molar-refractivity contribution in [2.24, 2.45) is 7.05 Å². The normalized spacial score (nSPS) is 12.1. The molecular weight excluding hydrogens is 530 g/mol. The molecule has 0 aliphatic carbocycles. The van der Waals surface area contributed by atoms with Crippen molar-refractivity contribution in [1.82, 2.24) is 4.57 Å². The predicted octanol–water partition coefficient (Wildman–Crippen LogP) is 9.70. The van der Waals surface area contributed by atoms with Crippen LogP contribution in [-0.2, 0) is 7.05 Å². The van der Waals surface area contributed by atoms with Crippen molar-refractivity contribution in [2.45, 2.75) is 11.8 Å². The van der Waals surface area contributed by atoms with Crippen LogP contribution in [0, 0.1) is 23.7 Å². The molecule has 0 bridgehead atoms. The lowest BCUT2D eigenvalue weighted by molar-refractivity contribution is 1.01. The molecule has 0 aliphatic heterocycles. The van der Waals surface area contributed by atoms with Crippen LogP contribution in [0.5, 0.6) is 0 Å². The Kier molecular flexibility index (Phi) is 7.53. The van der Waals surface area contributed by atoms with Gasteiger partial charge in [0.2, 0.25) is 0 Å². The number of aryl methyl sites for hydroxylation is 1. The third kappa shape index (κ3) is 5.53. The Hall–Kier alpha value is -5.76. The van der Waals surface area contributed by atoms with E-state index in [1.54, 1.807) is 0 Å². The first kappa shape index (κ1) is 27.1. The van der Waals surface area contributed by atoms with Gasteiger partial charge in [-0.2, -0.15) is 0 Å². The largest absolute Gasteiger partial charge is 0.344 e. The van der Waals surface area contributed by atoms with Crippen LogP contribution in [0.3, 0.4) is 0 Å². The lowest BCUT2D eigenvalue weighted by Gasteiger charge is -2.13. The van der Waals surface area contributed by atoms with E-state index >= 15 is 0 Å². The third-order valence-corrected chi connectivity index (χ3v) is 8.26. The second-order valence-corrected chi connectivity index (χ2v) is 11.1. The molecule has 0 fully saturated rings. The number of hydrogen-bond donors (Lipinski definition) is 0. The zero-order valence-corrected chi connectivity index (χ0v) is 24.6. The summed E-state index contributed by atoms with van der Waals surface area (Å²) in [4.78, 5) is 0. The molecule has 7 rings (SSSR count). The molecule has 0 aliphatic rings. The van der Waals surface area contributed by atoms with Crippen molar-refractivity contribution in [3.8, 4) is 23.7 Å². The molecule has 0 saturated heterocycles. The average molecular weight is 562 g/mol. The summed E-state index contributed by atoms with van der Waals surface area (Å²) in [6, 6.07) is 55.3. The molecule has 1 heteroatoms. The molecule has 0 spiro atoms.